The normalized spacial score (nSPS) is 20.3. The Kier molecular flexibility index (Phi) is 9.22. The lowest BCUT2D eigenvalue weighted by atomic mass is 9.98. The van der Waals surface area contributed by atoms with Crippen LogP contribution in [0.15, 0.2) is 48.5 Å². The highest BCUT2D eigenvalue weighted by Gasteiger charge is 2.37. The van der Waals surface area contributed by atoms with Gasteiger partial charge in [-0.3, -0.25) is 0 Å². The van der Waals surface area contributed by atoms with E-state index in [2.05, 4.69) is 24.3 Å². The van der Waals surface area contributed by atoms with Crippen molar-refractivity contribution in [2.45, 2.75) is 107 Å². The van der Waals surface area contributed by atoms with Crippen molar-refractivity contribution in [2.24, 2.45) is 0 Å². The third kappa shape index (κ3) is 6.43. The van der Waals surface area contributed by atoms with E-state index in [-0.39, 0.29) is 24.5 Å². The molecule has 0 aromatic heterocycles. The number of hydrogen-bond acceptors (Lipinski definition) is 1. The maximum atomic E-state index is 13.9. The van der Waals surface area contributed by atoms with Crippen LogP contribution in [0.3, 0.4) is 0 Å². The topological polar surface area (TPSA) is 20.3 Å². The predicted octanol–water partition coefficient (Wildman–Crippen LogP) is 8.08. The van der Waals surface area contributed by atoms with E-state index in [1.807, 2.05) is 44.3 Å². The fourth-order valence-corrected chi connectivity index (χ4v) is 11.4. The summed E-state index contributed by atoms with van der Waals surface area (Å²) < 4.78 is 29.3. The van der Waals surface area contributed by atoms with Crippen molar-refractivity contribution in [3.8, 4) is 0 Å². The fourth-order valence-electron chi connectivity index (χ4n) is 6.12. The molecule has 2 aliphatic carbocycles. The lowest BCUT2D eigenvalue weighted by Crippen LogP contribution is -2.39. The van der Waals surface area contributed by atoms with Crippen molar-refractivity contribution in [1.29, 1.82) is 0 Å². The molecule has 0 radical (unpaired) electrons. The van der Waals surface area contributed by atoms with Gasteiger partial charge in [-0.25, -0.2) is 12.9 Å². The van der Waals surface area contributed by atoms with Crippen molar-refractivity contribution in [3.05, 3.63) is 65.5 Å². The monoisotopic (exact) mass is 515 g/mol. The van der Waals surface area contributed by atoms with Crippen molar-refractivity contribution in [3.63, 3.8) is 0 Å². The number of nitrogens with zero attached hydrogens (tertiary/aromatic N) is 1. The van der Waals surface area contributed by atoms with Gasteiger partial charge in [0, 0.05) is 7.05 Å². The van der Waals surface area contributed by atoms with Gasteiger partial charge in [0.25, 0.3) is 0 Å². The summed E-state index contributed by atoms with van der Waals surface area (Å²) in [6, 6.07) is 15.7. The number of hydrogen-bond donors (Lipinski definition) is 0. The van der Waals surface area contributed by atoms with Crippen LogP contribution in [0.25, 0.3) is 0 Å². The molecule has 0 heterocycles. The molecule has 0 aliphatic heterocycles. The van der Waals surface area contributed by atoms with Crippen LogP contribution >= 0.6 is 7.92 Å². The summed E-state index contributed by atoms with van der Waals surface area (Å²) >= 11 is 0. The number of rotatable bonds is 7. The molecule has 0 N–H and O–H groups in total. The molecular formula is C30H43FNOPS. The minimum absolute atomic E-state index is 0.163. The maximum Gasteiger partial charge on any atom is 0.123 e. The largest absolute Gasteiger partial charge is 0.242 e. The lowest BCUT2D eigenvalue weighted by Gasteiger charge is -2.41. The minimum Gasteiger partial charge on any atom is -0.242 e. The molecule has 192 valence electrons. The number of halogens is 1. The Morgan fingerprint density at radius 3 is 1.89 bits per heavy atom. The van der Waals surface area contributed by atoms with Gasteiger partial charge in [0.05, 0.1) is 10.8 Å². The Morgan fingerprint density at radius 1 is 0.857 bits per heavy atom. The Bertz CT molecular complexity index is 959. The summed E-state index contributed by atoms with van der Waals surface area (Å²) in [6.45, 7) is 6.10. The van der Waals surface area contributed by atoms with Crippen LogP contribution in [0.2, 0.25) is 0 Å². The van der Waals surface area contributed by atoms with E-state index in [0.29, 0.717) is 0 Å². The highest BCUT2D eigenvalue weighted by atomic mass is 32.2. The Labute approximate surface area is 216 Å². The summed E-state index contributed by atoms with van der Waals surface area (Å²) in [5, 5.41) is 1.51. The first-order chi connectivity index (χ1) is 16.8. The maximum absolute atomic E-state index is 13.9. The Balaban J connectivity index is 1.83. The molecule has 2 aromatic rings. The van der Waals surface area contributed by atoms with Gasteiger partial charge in [-0.05, 0) is 86.3 Å². The van der Waals surface area contributed by atoms with Gasteiger partial charge in [0.15, 0.2) is 0 Å². The third-order valence-corrected chi connectivity index (χ3v) is 13.1. The molecule has 2 nitrogen and oxygen atoms in total. The van der Waals surface area contributed by atoms with Crippen molar-refractivity contribution >= 4 is 24.2 Å². The van der Waals surface area contributed by atoms with Crippen LogP contribution in [-0.4, -0.2) is 31.6 Å². The van der Waals surface area contributed by atoms with Gasteiger partial charge in [0.2, 0.25) is 0 Å². The van der Waals surface area contributed by atoms with E-state index >= 15 is 0 Å². The van der Waals surface area contributed by atoms with Crippen LogP contribution in [0.1, 0.15) is 102 Å². The minimum atomic E-state index is -1.20. The lowest BCUT2D eigenvalue weighted by molar-refractivity contribution is 0.440. The molecule has 0 amide bonds. The predicted molar refractivity (Wildman–Crippen MR) is 151 cm³/mol. The third-order valence-electron chi connectivity index (χ3n) is 7.78. The molecule has 0 spiro atoms. The average molecular weight is 516 g/mol. The zero-order valence-electron chi connectivity index (χ0n) is 22.0. The summed E-state index contributed by atoms with van der Waals surface area (Å²) in [7, 11) is 0.465. The van der Waals surface area contributed by atoms with E-state index in [1.165, 1.54) is 75.1 Å². The highest BCUT2D eigenvalue weighted by Crippen LogP contribution is 2.56. The van der Waals surface area contributed by atoms with Crippen LogP contribution in [0.4, 0.5) is 4.39 Å². The molecule has 5 heteroatoms. The number of benzene rings is 2. The first-order valence-electron chi connectivity index (χ1n) is 13.5. The SMILES string of the molecule is CN(C(c1ccc(F)cc1)c1ccccc1P(C1CCCCC1)C1CCCCC1)S(=O)C(C)(C)C. The molecular weight excluding hydrogens is 472 g/mol. The van der Waals surface area contributed by atoms with Crippen LogP contribution in [-0.2, 0) is 11.0 Å². The quantitative estimate of drug-likeness (QED) is 0.341. The fraction of sp³-hybridized carbons (Fsp3) is 0.600. The van der Waals surface area contributed by atoms with E-state index in [4.69, 9.17) is 0 Å². The summed E-state index contributed by atoms with van der Waals surface area (Å²) in [4.78, 5) is 0. The Morgan fingerprint density at radius 2 is 1.37 bits per heavy atom. The van der Waals surface area contributed by atoms with Gasteiger partial charge in [-0.2, -0.15) is 0 Å². The van der Waals surface area contributed by atoms with Crippen molar-refractivity contribution in [2.75, 3.05) is 7.05 Å². The molecule has 2 unspecified atom stereocenters. The second kappa shape index (κ2) is 12.0. The van der Waals surface area contributed by atoms with E-state index in [9.17, 15) is 8.60 Å². The summed E-state index contributed by atoms with van der Waals surface area (Å²) in [5.74, 6) is -0.230. The average Bonchev–Trinajstić information content (AvgIpc) is 2.86. The zero-order valence-corrected chi connectivity index (χ0v) is 23.7. The second-order valence-electron chi connectivity index (χ2n) is 11.4. The molecule has 2 fully saturated rings. The van der Waals surface area contributed by atoms with E-state index in [0.717, 1.165) is 16.9 Å². The molecule has 0 saturated heterocycles. The highest BCUT2D eigenvalue weighted by molar-refractivity contribution is 7.84. The first-order valence-corrected chi connectivity index (χ1v) is 16.1. The summed E-state index contributed by atoms with van der Waals surface area (Å²) in [5.41, 5.74) is 3.87. The standard InChI is InChI=1S/C30H43FNOPS/c1-30(2,3)35(33)32(4)29(23-19-21-24(31)22-20-23)27-17-11-12-18-28(27)34(25-13-7-5-8-14-25)26-15-9-6-10-16-26/h11-12,17-22,25-26,29H,5-10,13-16H2,1-4H3. The molecule has 2 aromatic carbocycles. The van der Waals surface area contributed by atoms with Crippen molar-refractivity contribution in [1.82, 2.24) is 4.31 Å². The zero-order chi connectivity index (χ0) is 25.0. The van der Waals surface area contributed by atoms with Gasteiger partial charge >= 0.3 is 0 Å². The smallest absolute Gasteiger partial charge is 0.123 e. The molecule has 35 heavy (non-hydrogen) atoms. The molecule has 2 atom stereocenters. The van der Waals surface area contributed by atoms with Crippen LogP contribution < -0.4 is 5.30 Å². The second-order valence-corrected chi connectivity index (χ2v) is 16.5. The van der Waals surface area contributed by atoms with Crippen molar-refractivity contribution < 1.29 is 8.60 Å². The van der Waals surface area contributed by atoms with Crippen LogP contribution in [0.5, 0.6) is 0 Å². The van der Waals surface area contributed by atoms with Crippen LogP contribution in [0, 0.1) is 5.82 Å². The van der Waals surface area contributed by atoms with Gasteiger partial charge < -0.3 is 0 Å². The molecule has 0 bridgehead atoms. The van der Waals surface area contributed by atoms with Gasteiger partial charge in [-0.1, -0.05) is 82.8 Å². The van der Waals surface area contributed by atoms with Gasteiger partial charge in [-0.15, -0.1) is 0 Å². The molecule has 2 saturated carbocycles. The van der Waals surface area contributed by atoms with E-state index in [1.54, 1.807) is 12.1 Å². The first kappa shape index (κ1) is 27.0. The van der Waals surface area contributed by atoms with Gasteiger partial charge in [0.1, 0.15) is 16.8 Å². The summed E-state index contributed by atoms with van der Waals surface area (Å²) in [6.07, 6.45) is 13.6. The molecule has 2 aliphatic rings. The van der Waals surface area contributed by atoms with E-state index < -0.39 is 11.0 Å². The Hall–Kier alpha value is -1.09. The molecule has 4 rings (SSSR count).